The zero-order chi connectivity index (χ0) is 17.3. The van der Waals surface area contributed by atoms with Crippen LogP contribution in [-0.2, 0) is 14.8 Å². The highest BCUT2D eigenvalue weighted by atomic mass is 32.2. The molecule has 0 fully saturated rings. The maximum Gasteiger partial charge on any atom is 0.262 e. The van der Waals surface area contributed by atoms with Crippen LogP contribution in [0.4, 0.5) is 11.4 Å². The van der Waals surface area contributed by atoms with Gasteiger partial charge in [0, 0.05) is 5.56 Å². The summed E-state index contributed by atoms with van der Waals surface area (Å²) >= 11 is 0. The van der Waals surface area contributed by atoms with E-state index in [-0.39, 0.29) is 28.7 Å². The van der Waals surface area contributed by atoms with Gasteiger partial charge >= 0.3 is 0 Å². The highest BCUT2D eigenvalue weighted by Gasteiger charge is 2.19. The highest BCUT2D eigenvalue weighted by molar-refractivity contribution is 7.92. The van der Waals surface area contributed by atoms with Gasteiger partial charge in [0.05, 0.1) is 16.3 Å². The van der Waals surface area contributed by atoms with Crippen LogP contribution in [0.25, 0.3) is 0 Å². The highest BCUT2D eigenvalue weighted by Crippen LogP contribution is 2.31. The fourth-order valence-corrected chi connectivity index (χ4v) is 3.21. The van der Waals surface area contributed by atoms with Gasteiger partial charge in [-0.25, -0.2) is 8.42 Å². The summed E-state index contributed by atoms with van der Waals surface area (Å²) in [5.41, 5.74) is 5.98. The second kappa shape index (κ2) is 5.85. The van der Waals surface area contributed by atoms with E-state index >= 15 is 0 Å². The number of rotatable bonds is 4. The third-order valence-electron chi connectivity index (χ3n) is 3.31. The lowest BCUT2D eigenvalue weighted by Crippen LogP contribution is -2.25. The average molecular weight is 347 g/mol. The van der Waals surface area contributed by atoms with E-state index in [1.165, 1.54) is 36.4 Å². The van der Waals surface area contributed by atoms with Crippen molar-refractivity contribution in [2.45, 2.75) is 4.90 Å². The van der Waals surface area contributed by atoms with Gasteiger partial charge in [0.25, 0.3) is 15.9 Å². The molecule has 0 bridgehead atoms. The maximum absolute atomic E-state index is 12.4. The van der Waals surface area contributed by atoms with Crippen molar-refractivity contribution in [1.82, 2.24) is 0 Å². The van der Waals surface area contributed by atoms with Crippen LogP contribution in [0.1, 0.15) is 10.4 Å². The zero-order valence-corrected chi connectivity index (χ0v) is 13.1. The van der Waals surface area contributed by atoms with Crippen LogP contribution in [0.2, 0.25) is 0 Å². The number of nitrogens with two attached hydrogens (primary N) is 1. The fraction of sp³-hybridized carbons (Fsp3) is 0.0667. The summed E-state index contributed by atoms with van der Waals surface area (Å²) in [5, 5.41) is 2.60. The number of ether oxygens (including phenoxy) is 1. The molecule has 2 aromatic carbocycles. The molecular formula is C15H13N3O5S. The standard InChI is InChI=1S/C15H13N3O5S/c16-15(20)9-1-4-11(5-2-9)24(21,22)18-10-3-6-13-12(7-10)17-14(19)8-23-13/h1-7,18H,8H2,(H2,16,20)(H,17,19). The molecule has 0 spiro atoms. The number of benzene rings is 2. The minimum Gasteiger partial charge on any atom is -0.482 e. The van der Waals surface area contributed by atoms with Crippen molar-refractivity contribution in [1.29, 1.82) is 0 Å². The molecular weight excluding hydrogens is 334 g/mol. The molecule has 124 valence electrons. The van der Waals surface area contributed by atoms with E-state index in [0.29, 0.717) is 11.4 Å². The number of sulfonamides is 1. The quantitative estimate of drug-likeness (QED) is 0.758. The number of anilines is 2. The van der Waals surface area contributed by atoms with Gasteiger partial charge in [0.2, 0.25) is 5.91 Å². The largest absolute Gasteiger partial charge is 0.482 e. The molecule has 24 heavy (non-hydrogen) atoms. The van der Waals surface area contributed by atoms with Gasteiger partial charge in [0.15, 0.2) is 6.61 Å². The molecule has 0 aromatic heterocycles. The minimum absolute atomic E-state index is 0.0227. The summed E-state index contributed by atoms with van der Waals surface area (Å²) in [5.74, 6) is -0.495. The summed E-state index contributed by atoms with van der Waals surface area (Å²) in [7, 11) is -3.85. The van der Waals surface area contributed by atoms with Gasteiger partial charge in [-0.1, -0.05) is 0 Å². The van der Waals surface area contributed by atoms with Crippen LogP contribution in [0, 0.1) is 0 Å². The fourth-order valence-electron chi connectivity index (χ4n) is 2.16. The number of primary amides is 1. The number of hydrogen-bond acceptors (Lipinski definition) is 5. The second-order valence-corrected chi connectivity index (χ2v) is 6.72. The summed E-state index contributed by atoms with van der Waals surface area (Å²) in [4.78, 5) is 22.3. The van der Waals surface area contributed by atoms with E-state index in [9.17, 15) is 18.0 Å². The van der Waals surface area contributed by atoms with E-state index in [0.717, 1.165) is 0 Å². The molecule has 2 aromatic rings. The number of carbonyl (C=O) groups excluding carboxylic acids is 2. The molecule has 0 radical (unpaired) electrons. The van der Waals surface area contributed by atoms with Gasteiger partial charge in [-0.2, -0.15) is 0 Å². The average Bonchev–Trinajstić information content (AvgIpc) is 2.54. The number of amides is 2. The molecule has 0 unspecified atom stereocenters. The third kappa shape index (κ3) is 3.15. The van der Waals surface area contributed by atoms with E-state index in [1.807, 2.05) is 0 Å². The number of hydrogen-bond donors (Lipinski definition) is 3. The molecule has 2 amide bonds. The van der Waals surface area contributed by atoms with Crippen molar-refractivity contribution < 1.29 is 22.7 Å². The van der Waals surface area contributed by atoms with E-state index in [1.54, 1.807) is 6.07 Å². The topological polar surface area (TPSA) is 128 Å². The molecule has 0 saturated heterocycles. The van der Waals surface area contributed by atoms with Crippen molar-refractivity contribution in [3.63, 3.8) is 0 Å². The Morgan fingerprint density at radius 3 is 2.54 bits per heavy atom. The Morgan fingerprint density at radius 1 is 1.17 bits per heavy atom. The van der Waals surface area contributed by atoms with Crippen molar-refractivity contribution >= 4 is 33.2 Å². The lowest BCUT2D eigenvalue weighted by molar-refractivity contribution is -0.118. The van der Waals surface area contributed by atoms with Crippen LogP contribution in [0.15, 0.2) is 47.4 Å². The number of nitrogens with one attached hydrogen (secondary N) is 2. The molecule has 1 aliphatic rings. The van der Waals surface area contributed by atoms with Crippen molar-refractivity contribution in [3.8, 4) is 5.75 Å². The molecule has 0 atom stereocenters. The molecule has 1 aliphatic heterocycles. The lowest BCUT2D eigenvalue weighted by atomic mass is 10.2. The normalized spacial score (nSPS) is 13.4. The third-order valence-corrected chi connectivity index (χ3v) is 4.71. The van der Waals surface area contributed by atoms with Crippen LogP contribution in [-0.4, -0.2) is 26.8 Å². The first-order valence-corrected chi connectivity index (χ1v) is 8.33. The predicted octanol–water partition coefficient (Wildman–Crippen LogP) is 0.917. The molecule has 9 heteroatoms. The Labute approximate surface area is 137 Å². The number of carbonyl (C=O) groups is 2. The Kier molecular flexibility index (Phi) is 3.86. The van der Waals surface area contributed by atoms with E-state index in [2.05, 4.69) is 10.0 Å². The first-order chi connectivity index (χ1) is 11.3. The van der Waals surface area contributed by atoms with E-state index < -0.39 is 15.9 Å². The van der Waals surface area contributed by atoms with Gasteiger partial charge in [-0.05, 0) is 42.5 Å². The Hall–Kier alpha value is -3.07. The Bertz CT molecular complexity index is 923. The first kappa shape index (κ1) is 15.8. The molecule has 4 N–H and O–H groups in total. The zero-order valence-electron chi connectivity index (χ0n) is 12.3. The minimum atomic E-state index is -3.85. The van der Waals surface area contributed by atoms with Gasteiger partial charge in [0.1, 0.15) is 5.75 Å². The molecule has 8 nitrogen and oxygen atoms in total. The summed E-state index contributed by atoms with van der Waals surface area (Å²) < 4.78 is 32.3. The van der Waals surface area contributed by atoms with Crippen LogP contribution in [0.5, 0.6) is 5.75 Å². The van der Waals surface area contributed by atoms with Crippen molar-refractivity contribution in [3.05, 3.63) is 48.0 Å². The SMILES string of the molecule is NC(=O)c1ccc(S(=O)(=O)Nc2ccc3c(c2)NC(=O)CO3)cc1. The smallest absolute Gasteiger partial charge is 0.262 e. The molecule has 0 aliphatic carbocycles. The second-order valence-electron chi connectivity index (χ2n) is 5.04. The van der Waals surface area contributed by atoms with Gasteiger partial charge in [-0.3, -0.25) is 14.3 Å². The van der Waals surface area contributed by atoms with Gasteiger partial charge in [-0.15, -0.1) is 0 Å². The lowest BCUT2D eigenvalue weighted by Gasteiger charge is -2.18. The maximum atomic E-state index is 12.4. The van der Waals surface area contributed by atoms with Crippen molar-refractivity contribution in [2.75, 3.05) is 16.6 Å². The summed E-state index contributed by atoms with van der Waals surface area (Å²) in [6, 6.07) is 9.77. The van der Waals surface area contributed by atoms with Gasteiger partial charge < -0.3 is 15.8 Å². The predicted molar refractivity (Wildman–Crippen MR) is 86.3 cm³/mol. The monoisotopic (exact) mass is 347 g/mol. The molecule has 1 heterocycles. The first-order valence-electron chi connectivity index (χ1n) is 6.84. The van der Waals surface area contributed by atoms with Crippen LogP contribution >= 0.6 is 0 Å². The van der Waals surface area contributed by atoms with Crippen LogP contribution < -0.4 is 20.5 Å². The van der Waals surface area contributed by atoms with Crippen LogP contribution in [0.3, 0.4) is 0 Å². The summed E-state index contributed by atoms with van der Waals surface area (Å²) in [6.07, 6.45) is 0. The Morgan fingerprint density at radius 2 is 1.88 bits per heavy atom. The Balaban J connectivity index is 1.85. The number of fused-ring (bicyclic) bond motifs is 1. The van der Waals surface area contributed by atoms with E-state index in [4.69, 9.17) is 10.5 Å². The molecule has 0 saturated carbocycles. The summed E-state index contributed by atoms with van der Waals surface area (Å²) in [6.45, 7) is -0.0791. The van der Waals surface area contributed by atoms with Crippen molar-refractivity contribution in [2.24, 2.45) is 5.73 Å². The molecule has 3 rings (SSSR count).